The predicted molar refractivity (Wildman–Crippen MR) is 95.0 cm³/mol. The lowest BCUT2D eigenvalue weighted by Gasteiger charge is -2.23. The molecular weight excluding hydrogens is 302 g/mol. The highest BCUT2D eigenvalue weighted by atomic mass is 16.6. The Morgan fingerprint density at radius 1 is 1.08 bits per heavy atom. The van der Waals surface area contributed by atoms with Crippen LogP contribution < -0.4 is 0 Å². The molecule has 24 heavy (non-hydrogen) atoms. The predicted octanol–water partition coefficient (Wildman–Crippen LogP) is 3.57. The first-order chi connectivity index (χ1) is 11.3. The molecule has 2 aromatic carbocycles. The summed E-state index contributed by atoms with van der Waals surface area (Å²) in [6.45, 7) is 5.38. The highest BCUT2D eigenvalue weighted by Gasteiger charge is 2.31. The molecule has 2 rings (SSSR count). The first-order valence-electron chi connectivity index (χ1n) is 7.97. The molecule has 0 spiro atoms. The lowest BCUT2D eigenvalue weighted by Crippen LogP contribution is -2.39. The minimum atomic E-state index is -0.924. The molecule has 0 heterocycles. The molecule has 0 aliphatic rings. The molecule has 4 nitrogen and oxygen atoms in total. The van der Waals surface area contributed by atoms with Crippen LogP contribution in [-0.2, 0) is 16.0 Å². The van der Waals surface area contributed by atoms with E-state index in [1.54, 1.807) is 20.8 Å². The van der Waals surface area contributed by atoms with Gasteiger partial charge < -0.3 is 9.94 Å². The van der Waals surface area contributed by atoms with Gasteiger partial charge >= 0.3 is 5.97 Å². The smallest absolute Gasteiger partial charge is 0.377 e. The van der Waals surface area contributed by atoms with Crippen molar-refractivity contribution in [2.75, 3.05) is 0 Å². The molecular formula is C20H23NO3. The summed E-state index contributed by atoms with van der Waals surface area (Å²) in [5.74, 6) is -0.520. The van der Waals surface area contributed by atoms with Crippen LogP contribution in [0.2, 0.25) is 0 Å². The molecule has 0 N–H and O–H groups in total. The average molecular weight is 325 g/mol. The molecule has 0 bridgehead atoms. The van der Waals surface area contributed by atoms with Crippen LogP contribution in [-0.4, -0.2) is 28.6 Å². The van der Waals surface area contributed by atoms with E-state index >= 15 is 0 Å². The molecule has 0 fully saturated rings. The Kier molecular flexibility index (Phi) is 5.74. The van der Waals surface area contributed by atoms with E-state index in [9.17, 15) is 10.0 Å². The van der Waals surface area contributed by atoms with Gasteiger partial charge in [0, 0.05) is 12.0 Å². The molecule has 4 heteroatoms. The van der Waals surface area contributed by atoms with Crippen LogP contribution in [0.4, 0.5) is 0 Å². The summed E-state index contributed by atoms with van der Waals surface area (Å²) in [6.07, 6.45) is 1.72. The zero-order chi connectivity index (χ0) is 17.6. The van der Waals surface area contributed by atoms with Crippen molar-refractivity contribution in [3.63, 3.8) is 0 Å². The third-order valence-corrected chi connectivity index (χ3v) is 3.33. The largest absolute Gasteiger partial charge is 0.623 e. The molecule has 0 saturated carbocycles. The number of carbonyl (C=O) groups excluding carboxylic acids is 1. The van der Waals surface area contributed by atoms with Crippen molar-refractivity contribution in [1.29, 1.82) is 0 Å². The van der Waals surface area contributed by atoms with Crippen molar-refractivity contribution in [1.82, 2.24) is 0 Å². The number of hydrogen-bond donors (Lipinski definition) is 0. The van der Waals surface area contributed by atoms with Crippen LogP contribution in [0.15, 0.2) is 60.7 Å². The van der Waals surface area contributed by atoms with Gasteiger partial charge in [-0.05, 0) is 38.5 Å². The highest BCUT2D eigenvalue weighted by molar-refractivity contribution is 5.79. The lowest BCUT2D eigenvalue weighted by atomic mass is 10.1. The molecule has 0 unspecified atom stereocenters. The van der Waals surface area contributed by atoms with E-state index in [-0.39, 0.29) is 0 Å². The molecule has 1 atom stereocenters. The van der Waals surface area contributed by atoms with Crippen molar-refractivity contribution in [2.45, 2.75) is 38.8 Å². The Hall–Kier alpha value is -2.62. The highest BCUT2D eigenvalue weighted by Crippen LogP contribution is 2.13. The number of esters is 1. The van der Waals surface area contributed by atoms with Gasteiger partial charge in [0.1, 0.15) is 5.60 Å². The molecule has 0 aromatic heterocycles. The minimum Gasteiger partial charge on any atom is -0.623 e. The second-order valence-corrected chi connectivity index (χ2v) is 6.64. The van der Waals surface area contributed by atoms with Gasteiger partial charge in [-0.3, -0.25) is 0 Å². The molecule has 126 valence electrons. The van der Waals surface area contributed by atoms with Crippen molar-refractivity contribution in [2.24, 2.45) is 0 Å². The van der Waals surface area contributed by atoms with Gasteiger partial charge in [-0.15, -0.1) is 0 Å². The van der Waals surface area contributed by atoms with E-state index in [1.807, 2.05) is 60.7 Å². The van der Waals surface area contributed by atoms with E-state index in [0.29, 0.717) is 11.2 Å². The normalized spacial score (nSPS) is 13.4. The quantitative estimate of drug-likeness (QED) is 0.278. The number of rotatable bonds is 5. The second kappa shape index (κ2) is 7.77. The zero-order valence-corrected chi connectivity index (χ0v) is 14.3. The maximum Gasteiger partial charge on any atom is 0.377 e. The fraction of sp³-hybridized carbons (Fsp3) is 0.300. The molecule has 0 saturated heterocycles. The number of nitrogens with zero attached hydrogens (tertiary/aromatic N) is 1. The molecule has 0 radical (unpaired) electrons. The number of benzene rings is 2. The monoisotopic (exact) mass is 325 g/mol. The molecule has 0 amide bonds. The topological polar surface area (TPSA) is 52.4 Å². The summed E-state index contributed by atoms with van der Waals surface area (Å²) in [7, 11) is 0. The van der Waals surface area contributed by atoms with E-state index in [0.717, 1.165) is 11.1 Å². The summed E-state index contributed by atoms with van der Waals surface area (Å²) in [4.78, 5) is 12.5. The molecule has 0 aliphatic heterocycles. The van der Waals surface area contributed by atoms with Crippen LogP contribution >= 0.6 is 0 Å². The Balaban J connectivity index is 2.27. The third-order valence-electron chi connectivity index (χ3n) is 3.33. The standard InChI is InChI=1S/C20H23NO3/c1-20(2,3)24-19(22)18(14-16-10-6-4-7-11-16)21(23)15-17-12-8-5-9-13-17/h4-13,15,18H,14H2,1-3H3/b21-15-/t18-/m0/s1. The summed E-state index contributed by atoms with van der Waals surface area (Å²) in [5, 5.41) is 12.6. The van der Waals surface area contributed by atoms with Gasteiger partial charge in [0.25, 0.3) is 6.04 Å². The number of ether oxygens (including phenoxy) is 1. The first kappa shape index (κ1) is 17.7. The number of hydroxylamine groups is 1. The van der Waals surface area contributed by atoms with Crippen LogP contribution in [0.25, 0.3) is 0 Å². The van der Waals surface area contributed by atoms with Crippen LogP contribution in [0, 0.1) is 5.21 Å². The van der Waals surface area contributed by atoms with E-state index in [4.69, 9.17) is 4.74 Å². The van der Waals surface area contributed by atoms with Crippen LogP contribution in [0.1, 0.15) is 31.9 Å². The van der Waals surface area contributed by atoms with Crippen molar-refractivity contribution in [3.05, 3.63) is 77.0 Å². The average Bonchev–Trinajstić information content (AvgIpc) is 2.52. The van der Waals surface area contributed by atoms with E-state index < -0.39 is 17.6 Å². The van der Waals surface area contributed by atoms with Gasteiger partial charge in [0.15, 0.2) is 6.21 Å². The van der Waals surface area contributed by atoms with Gasteiger partial charge in [0.05, 0.1) is 0 Å². The molecule has 0 aliphatic carbocycles. The molecule has 2 aromatic rings. The van der Waals surface area contributed by atoms with Gasteiger partial charge in [-0.2, -0.15) is 4.74 Å². The summed E-state index contributed by atoms with van der Waals surface area (Å²) in [6, 6.07) is 17.7. The van der Waals surface area contributed by atoms with Crippen molar-refractivity contribution in [3.8, 4) is 0 Å². The number of carbonyl (C=O) groups is 1. The van der Waals surface area contributed by atoms with Crippen LogP contribution in [0.3, 0.4) is 0 Å². The van der Waals surface area contributed by atoms with Crippen molar-refractivity contribution >= 4 is 12.2 Å². The fourth-order valence-corrected chi connectivity index (χ4v) is 2.26. The Labute approximate surface area is 143 Å². The van der Waals surface area contributed by atoms with Crippen LogP contribution in [0.5, 0.6) is 0 Å². The fourth-order valence-electron chi connectivity index (χ4n) is 2.26. The summed E-state index contributed by atoms with van der Waals surface area (Å²) < 4.78 is 6.12. The van der Waals surface area contributed by atoms with Gasteiger partial charge in [-0.1, -0.05) is 48.5 Å². The third kappa shape index (κ3) is 5.54. The zero-order valence-electron chi connectivity index (χ0n) is 14.3. The Morgan fingerprint density at radius 2 is 1.62 bits per heavy atom. The Morgan fingerprint density at radius 3 is 2.17 bits per heavy atom. The SMILES string of the molecule is CC(C)(C)OC(=O)[C@H](Cc1ccccc1)/[N+]([O-])=C/c1ccccc1. The van der Waals surface area contributed by atoms with E-state index in [2.05, 4.69) is 0 Å². The summed E-state index contributed by atoms with van der Waals surface area (Å²) >= 11 is 0. The maximum atomic E-state index is 12.6. The first-order valence-corrected chi connectivity index (χ1v) is 7.97. The lowest BCUT2D eigenvalue weighted by molar-refractivity contribution is -0.485. The minimum absolute atomic E-state index is 0.294. The van der Waals surface area contributed by atoms with E-state index in [1.165, 1.54) is 6.21 Å². The Bertz CT molecular complexity index is 688. The second-order valence-electron chi connectivity index (χ2n) is 6.64. The van der Waals surface area contributed by atoms with Gasteiger partial charge in [0.2, 0.25) is 0 Å². The van der Waals surface area contributed by atoms with Crippen molar-refractivity contribution < 1.29 is 14.3 Å². The van der Waals surface area contributed by atoms with Gasteiger partial charge in [-0.25, -0.2) is 4.79 Å². The summed E-state index contributed by atoms with van der Waals surface area (Å²) in [5.41, 5.74) is 1.02. The maximum absolute atomic E-state index is 12.6. The number of hydrogen-bond acceptors (Lipinski definition) is 3.